The SMILES string of the molecule is COC(=O)c1c(OC[C@H](N)Cc2ccccc2)ccc2c(C)noc12.Cl. The van der Waals surface area contributed by atoms with Crippen LogP contribution in [0.1, 0.15) is 21.6 Å². The molecule has 0 unspecified atom stereocenters. The van der Waals surface area contributed by atoms with Crippen LogP contribution in [0.2, 0.25) is 0 Å². The molecule has 0 saturated carbocycles. The second-order valence-electron chi connectivity index (χ2n) is 5.84. The van der Waals surface area contributed by atoms with E-state index in [0.717, 1.165) is 10.9 Å². The lowest BCUT2D eigenvalue weighted by Crippen LogP contribution is -2.30. The van der Waals surface area contributed by atoms with Gasteiger partial charge in [-0.25, -0.2) is 4.79 Å². The number of rotatable bonds is 6. The van der Waals surface area contributed by atoms with Crippen LogP contribution in [0.25, 0.3) is 11.0 Å². The van der Waals surface area contributed by atoms with Crippen LogP contribution in [0.5, 0.6) is 5.75 Å². The van der Waals surface area contributed by atoms with Gasteiger partial charge in [0.2, 0.25) is 0 Å². The van der Waals surface area contributed by atoms with Crippen molar-refractivity contribution < 1.29 is 18.8 Å². The zero-order chi connectivity index (χ0) is 17.8. The topological polar surface area (TPSA) is 87.6 Å². The molecular weight excluding hydrogens is 356 g/mol. The summed E-state index contributed by atoms with van der Waals surface area (Å²) in [6, 6.07) is 13.3. The van der Waals surface area contributed by atoms with Gasteiger partial charge in [-0.15, -0.1) is 12.4 Å². The molecule has 3 rings (SSSR count). The Balaban J connectivity index is 0.00000243. The summed E-state index contributed by atoms with van der Waals surface area (Å²) in [6.45, 7) is 2.07. The Bertz CT molecular complexity index is 880. The molecule has 0 radical (unpaired) electrons. The summed E-state index contributed by atoms with van der Waals surface area (Å²) in [7, 11) is 1.31. The fourth-order valence-electron chi connectivity index (χ4n) is 2.70. The molecule has 1 aromatic heterocycles. The minimum absolute atomic E-state index is 0. The van der Waals surface area contributed by atoms with Gasteiger partial charge in [0, 0.05) is 11.4 Å². The molecule has 1 atom stereocenters. The van der Waals surface area contributed by atoms with Crippen molar-refractivity contribution in [3.05, 3.63) is 59.3 Å². The first kappa shape index (κ1) is 19.8. The van der Waals surface area contributed by atoms with E-state index in [2.05, 4.69) is 5.16 Å². The lowest BCUT2D eigenvalue weighted by atomic mass is 10.1. The van der Waals surface area contributed by atoms with Gasteiger partial charge < -0.3 is 19.7 Å². The largest absolute Gasteiger partial charge is 0.491 e. The molecule has 1 heterocycles. The minimum atomic E-state index is -0.534. The normalized spacial score (nSPS) is 11.7. The highest BCUT2D eigenvalue weighted by Crippen LogP contribution is 2.30. The summed E-state index contributed by atoms with van der Waals surface area (Å²) in [4.78, 5) is 12.2. The van der Waals surface area contributed by atoms with E-state index in [9.17, 15) is 4.79 Å². The van der Waals surface area contributed by atoms with Crippen LogP contribution in [0, 0.1) is 6.92 Å². The molecule has 0 saturated heterocycles. The Morgan fingerprint density at radius 2 is 1.96 bits per heavy atom. The maximum Gasteiger partial charge on any atom is 0.345 e. The van der Waals surface area contributed by atoms with Crippen molar-refractivity contribution in [1.29, 1.82) is 0 Å². The number of benzene rings is 2. The average Bonchev–Trinajstić information content (AvgIpc) is 3.01. The summed E-state index contributed by atoms with van der Waals surface area (Å²) < 4.78 is 15.9. The molecule has 138 valence electrons. The zero-order valence-corrected chi connectivity index (χ0v) is 15.4. The first-order valence-electron chi connectivity index (χ1n) is 7.99. The number of hydrogen-bond donors (Lipinski definition) is 1. The van der Waals surface area contributed by atoms with Crippen LogP contribution in [0.3, 0.4) is 0 Å². The third-order valence-corrected chi connectivity index (χ3v) is 3.97. The van der Waals surface area contributed by atoms with Crippen LogP contribution in [0.15, 0.2) is 47.0 Å². The molecule has 0 aliphatic heterocycles. The number of aromatic nitrogens is 1. The number of methoxy groups -OCH3 is 1. The molecule has 0 fully saturated rings. The Morgan fingerprint density at radius 1 is 1.23 bits per heavy atom. The van der Waals surface area contributed by atoms with Crippen molar-refractivity contribution in [2.75, 3.05) is 13.7 Å². The number of ether oxygens (including phenoxy) is 2. The Morgan fingerprint density at radius 3 is 2.65 bits per heavy atom. The van der Waals surface area contributed by atoms with Crippen molar-refractivity contribution in [2.45, 2.75) is 19.4 Å². The second-order valence-corrected chi connectivity index (χ2v) is 5.84. The summed E-state index contributed by atoms with van der Waals surface area (Å²) in [5.74, 6) is -0.160. The number of carbonyl (C=O) groups excluding carboxylic acids is 1. The van der Waals surface area contributed by atoms with E-state index in [0.29, 0.717) is 23.4 Å². The molecule has 0 aliphatic carbocycles. The van der Waals surface area contributed by atoms with Crippen molar-refractivity contribution in [3.63, 3.8) is 0 Å². The van der Waals surface area contributed by atoms with Gasteiger partial charge in [0.05, 0.1) is 12.8 Å². The molecule has 7 heteroatoms. The highest BCUT2D eigenvalue weighted by molar-refractivity contribution is 6.05. The van der Waals surface area contributed by atoms with E-state index in [1.54, 1.807) is 6.07 Å². The number of nitrogens with zero attached hydrogens (tertiary/aromatic N) is 1. The Hall–Kier alpha value is -2.57. The lowest BCUT2D eigenvalue weighted by Gasteiger charge is -2.15. The number of nitrogens with two attached hydrogens (primary N) is 1. The Labute approximate surface area is 157 Å². The standard InChI is InChI=1S/C19H20N2O4.ClH/c1-12-15-8-9-16(17(19(22)23-2)18(15)25-21-12)24-11-14(20)10-13-6-4-3-5-7-13;/h3-9,14H,10-11,20H2,1-2H3;1H/t14-;/m1./s1. The van der Waals surface area contributed by atoms with Crippen LogP contribution in [-0.2, 0) is 11.2 Å². The van der Waals surface area contributed by atoms with Crippen LogP contribution in [-0.4, -0.2) is 30.9 Å². The highest BCUT2D eigenvalue weighted by Gasteiger charge is 2.22. The minimum Gasteiger partial charge on any atom is -0.491 e. The van der Waals surface area contributed by atoms with E-state index in [1.807, 2.05) is 43.3 Å². The van der Waals surface area contributed by atoms with Crippen molar-refractivity contribution >= 4 is 29.3 Å². The Kier molecular flexibility index (Phi) is 6.60. The average molecular weight is 377 g/mol. The number of aryl methyl sites for hydroxylation is 1. The fourth-order valence-corrected chi connectivity index (χ4v) is 2.70. The molecule has 0 bridgehead atoms. The molecule has 0 amide bonds. The number of esters is 1. The smallest absolute Gasteiger partial charge is 0.345 e. The van der Waals surface area contributed by atoms with Crippen LogP contribution >= 0.6 is 12.4 Å². The van der Waals surface area contributed by atoms with Gasteiger partial charge in [0.1, 0.15) is 17.9 Å². The highest BCUT2D eigenvalue weighted by atomic mass is 35.5. The number of hydrogen-bond acceptors (Lipinski definition) is 6. The van der Waals surface area contributed by atoms with Crippen molar-refractivity contribution in [3.8, 4) is 5.75 Å². The van der Waals surface area contributed by atoms with Gasteiger partial charge >= 0.3 is 5.97 Å². The van der Waals surface area contributed by atoms with E-state index in [1.165, 1.54) is 7.11 Å². The second kappa shape index (κ2) is 8.69. The lowest BCUT2D eigenvalue weighted by molar-refractivity contribution is 0.0596. The molecule has 0 aliphatic rings. The van der Waals surface area contributed by atoms with Gasteiger partial charge in [-0.05, 0) is 31.0 Å². The zero-order valence-electron chi connectivity index (χ0n) is 14.6. The predicted molar refractivity (Wildman–Crippen MR) is 101 cm³/mol. The van der Waals surface area contributed by atoms with Crippen LogP contribution in [0.4, 0.5) is 0 Å². The van der Waals surface area contributed by atoms with Gasteiger partial charge in [0.25, 0.3) is 0 Å². The molecule has 2 aromatic carbocycles. The van der Waals surface area contributed by atoms with E-state index < -0.39 is 5.97 Å². The molecule has 3 aromatic rings. The summed E-state index contributed by atoms with van der Waals surface area (Å²) in [6.07, 6.45) is 0.679. The van der Waals surface area contributed by atoms with Crippen molar-refractivity contribution in [1.82, 2.24) is 5.16 Å². The van der Waals surface area contributed by atoms with E-state index in [4.69, 9.17) is 19.7 Å². The molecular formula is C19H21ClN2O4. The molecule has 6 nitrogen and oxygen atoms in total. The maximum absolute atomic E-state index is 12.2. The first-order valence-corrected chi connectivity index (χ1v) is 7.99. The molecule has 2 N–H and O–H groups in total. The maximum atomic E-state index is 12.2. The first-order chi connectivity index (χ1) is 12.1. The molecule has 0 spiro atoms. The van der Waals surface area contributed by atoms with Gasteiger partial charge in [-0.1, -0.05) is 35.5 Å². The fraction of sp³-hybridized carbons (Fsp3) is 0.263. The molecule has 26 heavy (non-hydrogen) atoms. The van der Waals surface area contributed by atoms with Gasteiger partial charge in [-0.2, -0.15) is 0 Å². The third kappa shape index (κ3) is 4.15. The summed E-state index contributed by atoms with van der Waals surface area (Å²) in [5.41, 5.74) is 8.57. The summed E-state index contributed by atoms with van der Waals surface area (Å²) >= 11 is 0. The van der Waals surface area contributed by atoms with Gasteiger partial charge in [-0.3, -0.25) is 0 Å². The number of carbonyl (C=O) groups is 1. The number of halogens is 1. The quantitative estimate of drug-likeness (QED) is 0.664. The summed E-state index contributed by atoms with van der Waals surface area (Å²) in [5, 5.41) is 4.65. The monoisotopic (exact) mass is 376 g/mol. The van der Waals surface area contributed by atoms with E-state index >= 15 is 0 Å². The van der Waals surface area contributed by atoms with Gasteiger partial charge in [0.15, 0.2) is 5.58 Å². The third-order valence-electron chi connectivity index (χ3n) is 3.97. The van der Waals surface area contributed by atoms with Crippen LogP contribution < -0.4 is 10.5 Å². The van der Waals surface area contributed by atoms with Crippen molar-refractivity contribution in [2.24, 2.45) is 5.73 Å². The van der Waals surface area contributed by atoms with E-state index in [-0.39, 0.29) is 30.6 Å². The predicted octanol–water partition coefficient (Wildman–Crippen LogP) is 3.29. The number of fused-ring (bicyclic) bond motifs is 1.